The van der Waals surface area contributed by atoms with E-state index in [1.54, 1.807) is 0 Å². The van der Waals surface area contributed by atoms with Gasteiger partial charge in [0.2, 0.25) is 11.8 Å². The fourth-order valence-corrected chi connectivity index (χ4v) is 1.33. The monoisotopic (exact) mass is 225 g/mol. The van der Waals surface area contributed by atoms with Gasteiger partial charge >= 0.3 is 0 Å². The molecule has 0 saturated heterocycles. The molecular formula is C12H23N3O. The summed E-state index contributed by atoms with van der Waals surface area (Å²) in [7, 11) is 0. The van der Waals surface area contributed by atoms with Gasteiger partial charge in [0.05, 0.1) is 0 Å². The summed E-state index contributed by atoms with van der Waals surface area (Å²) in [4.78, 5) is 0. The van der Waals surface area contributed by atoms with E-state index in [0.29, 0.717) is 11.8 Å². The number of nitrogens with one attached hydrogen (secondary N) is 1. The molecule has 0 aliphatic carbocycles. The van der Waals surface area contributed by atoms with Gasteiger partial charge < -0.3 is 9.73 Å². The first-order chi connectivity index (χ1) is 7.65. The van der Waals surface area contributed by atoms with Crippen LogP contribution in [0.3, 0.4) is 0 Å². The fraction of sp³-hybridized carbons (Fsp3) is 0.833. The molecule has 0 bridgehead atoms. The minimum Gasteiger partial charge on any atom is -0.425 e. The Morgan fingerprint density at radius 2 is 1.94 bits per heavy atom. The molecule has 0 aliphatic heterocycles. The first-order valence-electron chi connectivity index (χ1n) is 6.18. The van der Waals surface area contributed by atoms with E-state index in [1.165, 1.54) is 0 Å². The summed E-state index contributed by atoms with van der Waals surface area (Å²) in [6.07, 6.45) is 1.97. The lowest BCUT2D eigenvalue weighted by atomic mass is 9.98. The van der Waals surface area contributed by atoms with Crippen molar-refractivity contribution in [1.82, 2.24) is 15.5 Å². The maximum Gasteiger partial charge on any atom is 0.219 e. The summed E-state index contributed by atoms with van der Waals surface area (Å²) < 4.78 is 5.62. The van der Waals surface area contributed by atoms with Gasteiger partial charge in [-0.15, -0.1) is 10.2 Å². The quantitative estimate of drug-likeness (QED) is 0.724. The van der Waals surface area contributed by atoms with Crippen LogP contribution in [0.5, 0.6) is 0 Å². The zero-order valence-electron chi connectivity index (χ0n) is 10.8. The number of nitrogens with zero attached hydrogens (tertiary/aromatic N) is 2. The molecule has 0 amide bonds. The van der Waals surface area contributed by atoms with Crippen LogP contribution in [0.2, 0.25) is 0 Å². The van der Waals surface area contributed by atoms with Crippen molar-refractivity contribution in [2.24, 2.45) is 5.92 Å². The smallest absolute Gasteiger partial charge is 0.219 e. The molecule has 1 aromatic rings. The molecule has 0 radical (unpaired) electrons. The van der Waals surface area contributed by atoms with E-state index >= 15 is 0 Å². The van der Waals surface area contributed by atoms with Crippen LogP contribution in [-0.4, -0.2) is 23.3 Å². The zero-order valence-corrected chi connectivity index (χ0v) is 10.8. The Morgan fingerprint density at radius 1 is 1.19 bits per heavy atom. The normalized spacial score (nSPS) is 13.3. The van der Waals surface area contributed by atoms with E-state index in [-0.39, 0.29) is 0 Å². The van der Waals surface area contributed by atoms with Gasteiger partial charge in [0.15, 0.2) is 0 Å². The number of aromatic nitrogens is 2. The van der Waals surface area contributed by atoms with E-state index in [1.807, 2.05) is 0 Å². The SMILES string of the molecule is CCCNCCc1nnc(C(C)C(C)C)o1. The van der Waals surface area contributed by atoms with Gasteiger partial charge in [-0.1, -0.05) is 27.7 Å². The average Bonchev–Trinajstić information content (AvgIpc) is 2.72. The van der Waals surface area contributed by atoms with Crippen molar-refractivity contribution in [3.8, 4) is 0 Å². The summed E-state index contributed by atoms with van der Waals surface area (Å²) in [6, 6.07) is 0. The zero-order chi connectivity index (χ0) is 12.0. The van der Waals surface area contributed by atoms with E-state index in [2.05, 4.69) is 43.2 Å². The van der Waals surface area contributed by atoms with Crippen molar-refractivity contribution >= 4 is 0 Å². The van der Waals surface area contributed by atoms with Crippen molar-refractivity contribution in [2.45, 2.75) is 46.5 Å². The summed E-state index contributed by atoms with van der Waals surface area (Å²) in [5, 5.41) is 11.5. The Bertz CT molecular complexity index is 296. The average molecular weight is 225 g/mol. The molecule has 0 fully saturated rings. The highest BCUT2D eigenvalue weighted by Crippen LogP contribution is 2.21. The minimum absolute atomic E-state index is 0.338. The summed E-state index contributed by atoms with van der Waals surface area (Å²) in [6.45, 7) is 10.6. The number of hydrogen-bond donors (Lipinski definition) is 1. The lowest BCUT2D eigenvalue weighted by Crippen LogP contribution is -2.17. The lowest BCUT2D eigenvalue weighted by molar-refractivity contribution is 0.379. The molecule has 92 valence electrons. The largest absolute Gasteiger partial charge is 0.425 e. The van der Waals surface area contributed by atoms with Crippen molar-refractivity contribution in [3.05, 3.63) is 11.8 Å². The predicted molar refractivity (Wildman–Crippen MR) is 64.4 cm³/mol. The van der Waals surface area contributed by atoms with Gasteiger partial charge in [0.1, 0.15) is 0 Å². The van der Waals surface area contributed by atoms with Gasteiger partial charge in [-0.25, -0.2) is 0 Å². The predicted octanol–water partition coefficient (Wildman–Crippen LogP) is 2.37. The molecular weight excluding hydrogens is 202 g/mol. The molecule has 0 saturated carbocycles. The Hall–Kier alpha value is -0.900. The Labute approximate surface area is 97.8 Å². The van der Waals surface area contributed by atoms with E-state index in [0.717, 1.165) is 37.7 Å². The van der Waals surface area contributed by atoms with Gasteiger partial charge in [-0.3, -0.25) is 0 Å². The van der Waals surface area contributed by atoms with Crippen molar-refractivity contribution < 1.29 is 4.42 Å². The maximum absolute atomic E-state index is 5.62. The third-order valence-corrected chi connectivity index (χ3v) is 2.81. The molecule has 1 aromatic heterocycles. The first kappa shape index (κ1) is 13.2. The highest BCUT2D eigenvalue weighted by molar-refractivity contribution is 4.91. The molecule has 1 heterocycles. The summed E-state index contributed by atoms with van der Waals surface area (Å²) >= 11 is 0. The van der Waals surface area contributed by atoms with Gasteiger partial charge in [0, 0.05) is 18.9 Å². The highest BCUT2D eigenvalue weighted by atomic mass is 16.4. The second-order valence-electron chi connectivity index (χ2n) is 4.57. The molecule has 1 atom stereocenters. The van der Waals surface area contributed by atoms with E-state index < -0.39 is 0 Å². The van der Waals surface area contributed by atoms with E-state index in [4.69, 9.17) is 4.42 Å². The topological polar surface area (TPSA) is 51.0 Å². The Balaban J connectivity index is 2.39. The summed E-state index contributed by atoms with van der Waals surface area (Å²) in [5.41, 5.74) is 0. The van der Waals surface area contributed by atoms with E-state index in [9.17, 15) is 0 Å². The Kier molecular flexibility index (Phi) is 5.46. The molecule has 1 unspecified atom stereocenters. The highest BCUT2D eigenvalue weighted by Gasteiger charge is 2.16. The maximum atomic E-state index is 5.62. The van der Waals surface area contributed by atoms with Crippen molar-refractivity contribution in [3.63, 3.8) is 0 Å². The van der Waals surface area contributed by atoms with Crippen LogP contribution in [0.15, 0.2) is 4.42 Å². The molecule has 4 nitrogen and oxygen atoms in total. The third-order valence-electron chi connectivity index (χ3n) is 2.81. The molecule has 1 N–H and O–H groups in total. The lowest BCUT2D eigenvalue weighted by Gasteiger charge is -2.09. The van der Waals surface area contributed by atoms with Crippen LogP contribution in [0.1, 0.15) is 51.8 Å². The second-order valence-corrected chi connectivity index (χ2v) is 4.57. The molecule has 16 heavy (non-hydrogen) atoms. The van der Waals surface area contributed by atoms with Crippen LogP contribution < -0.4 is 5.32 Å². The van der Waals surface area contributed by atoms with Crippen LogP contribution in [0.25, 0.3) is 0 Å². The first-order valence-corrected chi connectivity index (χ1v) is 6.18. The van der Waals surface area contributed by atoms with Gasteiger partial charge in [-0.2, -0.15) is 0 Å². The standard InChI is InChI=1S/C12H23N3O/c1-5-7-13-8-6-11-14-15-12(16-11)10(4)9(2)3/h9-10,13H,5-8H2,1-4H3. The molecule has 0 spiro atoms. The van der Waals surface area contributed by atoms with Crippen molar-refractivity contribution in [1.29, 1.82) is 0 Å². The Morgan fingerprint density at radius 3 is 2.56 bits per heavy atom. The molecule has 4 heteroatoms. The summed E-state index contributed by atoms with van der Waals surface area (Å²) in [5.74, 6) is 2.38. The molecule has 0 aliphatic rings. The minimum atomic E-state index is 0.338. The van der Waals surface area contributed by atoms with Crippen LogP contribution in [0.4, 0.5) is 0 Å². The van der Waals surface area contributed by atoms with Crippen LogP contribution in [-0.2, 0) is 6.42 Å². The van der Waals surface area contributed by atoms with Crippen LogP contribution in [0, 0.1) is 5.92 Å². The third kappa shape index (κ3) is 3.93. The van der Waals surface area contributed by atoms with Crippen molar-refractivity contribution in [2.75, 3.05) is 13.1 Å². The van der Waals surface area contributed by atoms with Gasteiger partial charge in [-0.05, 0) is 18.9 Å². The fourth-order valence-electron chi connectivity index (χ4n) is 1.33. The number of hydrogen-bond acceptors (Lipinski definition) is 4. The molecule has 0 aromatic carbocycles. The second kappa shape index (κ2) is 6.63. The van der Waals surface area contributed by atoms with Crippen LogP contribution >= 0.6 is 0 Å². The van der Waals surface area contributed by atoms with Gasteiger partial charge in [0.25, 0.3) is 0 Å². The molecule has 1 rings (SSSR count). The number of rotatable bonds is 7.